The number of azo groups is 1. The molecule has 0 aliphatic heterocycles. The van der Waals surface area contributed by atoms with E-state index in [1.165, 1.54) is 24.3 Å². The first-order chi connectivity index (χ1) is 9.44. The SMILES string of the molecule is Oc1ccc(N=Nc2ccc(S(F)(F)(F)(F)F)cc2)cc1. The van der Waals surface area contributed by atoms with Crippen LogP contribution < -0.4 is 0 Å². The van der Waals surface area contributed by atoms with Crippen molar-refractivity contribution in [2.45, 2.75) is 4.90 Å². The Balaban J connectivity index is 2.23. The maximum atomic E-state index is 12.5. The Kier molecular flexibility index (Phi) is 3.02. The molecule has 0 bridgehead atoms. The summed E-state index contributed by atoms with van der Waals surface area (Å²) in [7, 11) is -9.65. The van der Waals surface area contributed by atoms with Gasteiger partial charge in [0.2, 0.25) is 0 Å². The number of phenolic OH excluding ortho intramolecular Hbond substituents is 1. The van der Waals surface area contributed by atoms with Crippen molar-refractivity contribution in [1.29, 1.82) is 0 Å². The molecule has 0 aromatic heterocycles. The molecule has 0 atom stereocenters. The molecule has 9 heteroatoms. The number of aromatic hydroxyl groups is 1. The smallest absolute Gasteiger partial charge is 0.310 e. The van der Waals surface area contributed by atoms with E-state index in [1.54, 1.807) is 0 Å². The highest BCUT2D eigenvalue weighted by Crippen LogP contribution is 3.02. The molecule has 0 fully saturated rings. The molecule has 0 saturated heterocycles. The molecule has 0 aliphatic rings. The van der Waals surface area contributed by atoms with Crippen molar-refractivity contribution in [1.82, 2.24) is 0 Å². The minimum Gasteiger partial charge on any atom is -0.508 e. The van der Waals surface area contributed by atoms with E-state index >= 15 is 0 Å². The molecule has 2 rings (SSSR count). The third-order valence-electron chi connectivity index (χ3n) is 2.41. The Morgan fingerprint density at radius 2 is 1.05 bits per heavy atom. The number of phenols is 1. The molecule has 1 N–H and O–H groups in total. The average Bonchev–Trinajstić information content (AvgIpc) is 2.36. The summed E-state index contributed by atoms with van der Waals surface area (Å²) in [6, 6.07) is 7.72. The second-order valence-corrected chi connectivity index (χ2v) is 6.59. The molecule has 21 heavy (non-hydrogen) atoms. The summed E-state index contributed by atoms with van der Waals surface area (Å²) in [5, 5.41) is 16.4. The molecular weight excluding hydrogens is 315 g/mol. The Bertz CT molecular complexity index is 681. The van der Waals surface area contributed by atoms with Gasteiger partial charge in [0.1, 0.15) is 10.6 Å². The van der Waals surface area contributed by atoms with Gasteiger partial charge in [-0.05, 0) is 48.5 Å². The number of halogens is 5. The topological polar surface area (TPSA) is 45.0 Å². The highest BCUT2D eigenvalue weighted by Gasteiger charge is 2.65. The van der Waals surface area contributed by atoms with E-state index in [2.05, 4.69) is 10.2 Å². The first-order valence-electron chi connectivity index (χ1n) is 5.49. The van der Waals surface area contributed by atoms with E-state index in [9.17, 15) is 19.4 Å². The second kappa shape index (κ2) is 4.17. The summed E-state index contributed by atoms with van der Waals surface area (Å²) >= 11 is 0. The van der Waals surface area contributed by atoms with Gasteiger partial charge in [0.15, 0.2) is 0 Å². The second-order valence-electron chi connectivity index (χ2n) is 4.18. The maximum absolute atomic E-state index is 12.5. The fraction of sp³-hybridized carbons (Fsp3) is 0. The van der Waals surface area contributed by atoms with Gasteiger partial charge in [-0.2, -0.15) is 10.2 Å². The van der Waals surface area contributed by atoms with Crippen molar-refractivity contribution in [3.8, 4) is 5.75 Å². The summed E-state index contributed by atoms with van der Waals surface area (Å²) in [6.45, 7) is 0. The molecule has 114 valence electrons. The van der Waals surface area contributed by atoms with Gasteiger partial charge in [-0.1, -0.05) is 19.4 Å². The molecule has 0 aliphatic carbocycles. The standard InChI is InChI=1S/C12H9F5N2OS/c13-21(14,15,16,17)12-7-3-10(4-8-12)19-18-9-1-5-11(20)6-2-9/h1-8,20H. The van der Waals surface area contributed by atoms with Crippen molar-refractivity contribution in [3.05, 3.63) is 48.5 Å². The lowest BCUT2D eigenvalue weighted by Crippen LogP contribution is -2.05. The molecule has 0 amide bonds. The minimum absolute atomic E-state index is 0.00586. The normalized spacial score (nSPS) is 15.7. The lowest BCUT2D eigenvalue weighted by molar-refractivity contribution is 0.364. The van der Waals surface area contributed by atoms with Crippen molar-refractivity contribution in [2.75, 3.05) is 0 Å². The van der Waals surface area contributed by atoms with Crippen LogP contribution in [0.4, 0.5) is 30.8 Å². The van der Waals surface area contributed by atoms with Gasteiger partial charge in [-0.25, -0.2) is 0 Å². The van der Waals surface area contributed by atoms with Crippen molar-refractivity contribution < 1.29 is 24.5 Å². The lowest BCUT2D eigenvalue weighted by atomic mass is 10.3. The van der Waals surface area contributed by atoms with Crippen LogP contribution in [-0.2, 0) is 0 Å². The predicted molar refractivity (Wildman–Crippen MR) is 70.1 cm³/mol. The molecule has 0 spiro atoms. The van der Waals surface area contributed by atoms with E-state index in [1.807, 2.05) is 0 Å². The Morgan fingerprint density at radius 3 is 1.43 bits per heavy atom. The van der Waals surface area contributed by atoms with Crippen LogP contribution in [0.25, 0.3) is 0 Å². The van der Waals surface area contributed by atoms with E-state index in [0.29, 0.717) is 5.69 Å². The third kappa shape index (κ3) is 4.15. The number of benzene rings is 2. The van der Waals surface area contributed by atoms with Crippen LogP contribution in [0, 0.1) is 0 Å². The third-order valence-corrected chi connectivity index (χ3v) is 3.58. The molecule has 3 nitrogen and oxygen atoms in total. The van der Waals surface area contributed by atoms with Gasteiger partial charge in [-0.15, -0.1) is 0 Å². The summed E-state index contributed by atoms with van der Waals surface area (Å²) < 4.78 is 62.5. The largest absolute Gasteiger partial charge is 0.508 e. The molecule has 2 aromatic carbocycles. The van der Waals surface area contributed by atoms with Crippen LogP contribution in [0.15, 0.2) is 63.7 Å². The van der Waals surface area contributed by atoms with Gasteiger partial charge < -0.3 is 5.11 Å². The highest BCUT2D eigenvalue weighted by atomic mass is 32.5. The zero-order chi connectivity index (χ0) is 15.8. The quantitative estimate of drug-likeness (QED) is 0.510. The molecule has 0 saturated carbocycles. The van der Waals surface area contributed by atoms with E-state index in [0.717, 1.165) is 12.1 Å². The Labute approximate surface area is 116 Å². The fourth-order valence-electron chi connectivity index (χ4n) is 1.40. The van der Waals surface area contributed by atoms with Crippen LogP contribution in [0.2, 0.25) is 0 Å². The summed E-state index contributed by atoms with van der Waals surface area (Å²) in [5.74, 6) is 0.0224. The monoisotopic (exact) mass is 324 g/mol. The number of hydrogen-bond acceptors (Lipinski definition) is 3. The molecular formula is C12H9F5N2OS. The molecule has 0 unspecified atom stereocenters. The first kappa shape index (κ1) is 15.2. The number of rotatable bonds is 3. The molecule has 0 heterocycles. The lowest BCUT2D eigenvalue weighted by Gasteiger charge is -2.40. The first-order valence-corrected chi connectivity index (χ1v) is 7.44. The van der Waals surface area contributed by atoms with Crippen LogP contribution in [0.3, 0.4) is 0 Å². The van der Waals surface area contributed by atoms with Crippen molar-refractivity contribution in [3.63, 3.8) is 0 Å². The Hall–Kier alpha value is -2.16. The zero-order valence-electron chi connectivity index (χ0n) is 10.3. The van der Waals surface area contributed by atoms with Gasteiger partial charge in [-0.3, -0.25) is 0 Å². The van der Waals surface area contributed by atoms with Crippen molar-refractivity contribution >= 4 is 21.6 Å². The number of nitrogens with zero attached hydrogens (tertiary/aromatic N) is 2. The summed E-state index contributed by atoms with van der Waals surface area (Å²) in [4.78, 5) is -1.97. The Morgan fingerprint density at radius 1 is 0.667 bits per heavy atom. The fourth-order valence-corrected chi connectivity index (χ4v) is 2.06. The predicted octanol–water partition coefficient (Wildman–Crippen LogP) is 6.47. The average molecular weight is 324 g/mol. The van der Waals surface area contributed by atoms with E-state index in [4.69, 9.17) is 5.11 Å². The van der Waals surface area contributed by atoms with E-state index < -0.39 is 15.1 Å². The number of hydrogen-bond donors (Lipinski definition) is 1. The van der Waals surface area contributed by atoms with Crippen LogP contribution >= 0.6 is 10.2 Å². The van der Waals surface area contributed by atoms with E-state index in [-0.39, 0.29) is 23.6 Å². The maximum Gasteiger partial charge on any atom is 0.310 e. The van der Waals surface area contributed by atoms with Crippen LogP contribution in [-0.4, -0.2) is 5.11 Å². The minimum atomic E-state index is -9.65. The van der Waals surface area contributed by atoms with Gasteiger partial charge >= 0.3 is 10.2 Å². The molecule has 2 aromatic rings. The van der Waals surface area contributed by atoms with Gasteiger partial charge in [0, 0.05) is 0 Å². The van der Waals surface area contributed by atoms with Gasteiger partial charge in [0.05, 0.1) is 11.4 Å². The van der Waals surface area contributed by atoms with Crippen LogP contribution in [0.1, 0.15) is 0 Å². The van der Waals surface area contributed by atoms with Crippen molar-refractivity contribution in [2.24, 2.45) is 10.2 Å². The van der Waals surface area contributed by atoms with Crippen LogP contribution in [0.5, 0.6) is 5.75 Å². The van der Waals surface area contributed by atoms with Gasteiger partial charge in [0.25, 0.3) is 0 Å². The zero-order valence-corrected chi connectivity index (χ0v) is 11.1. The highest BCUT2D eigenvalue weighted by molar-refractivity contribution is 8.45. The summed E-state index contributed by atoms with van der Waals surface area (Å²) in [6.07, 6.45) is 0. The molecule has 0 radical (unpaired) electrons. The summed E-state index contributed by atoms with van der Waals surface area (Å²) in [5.41, 5.74) is 0.346.